The van der Waals surface area contributed by atoms with Gasteiger partial charge >= 0.3 is 0 Å². The lowest BCUT2D eigenvalue weighted by atomic mass is 9.76. The Bertz CT molecular complexity index is 645. The Balaban J connectivity index is 2.04. The summed E-state index contributed by atoms with van der Waals surface area (Å²) in [6, 6.07) is 2.50. The van der Waals surface area contributed by atoms with Crippen LogP contribution in [0.3, 0.4) is 0 Å². The largest absolute Gasteiger partial charge is 0.309 e. The summed E-state index contributed by atoms with van der Waals surface area (Å²) >= 11 is 1.84. The minimum atomic E-state index is 0.315. The van der Waals surface area contributed by atoms with Gasteiger partial charge in [-0.25, -0.2) is 4.98 Å². The maximum absolute atomic E-state index is 4.95. The number of thiazole rings is 1. The second-order valence-corrected chi connectivity index (χ2v) is 7.71. The van der Waals surface area contributed by atoms with Crippen LogP contribution in [-0.2, 0) is 6.42 Å². The number of pyridine rings is 1. The Kier molecular flexibility index (Phi) is 3.84. The van der Waals surface area contributed by atoms with Gasteiger partial charge in [-0.2, -0.15) is 0 Å². The number of aromatic nitrogens is 2. The van der Waals surface area contributed by atoms with Crippen molar-refractivity contribution in [2.24, 2.45) is 5.41 Å². The summed E-state index contributed by atoms with van der Waals surface area (Å²) in [4.78, 5) is 10.6. The molecule has 1 atom stereocenters. The standard InChI is InChI=1S/C17H23N3S/c1-5-19-13-8-17(3,4)9-14-15(13)21-16(20-14)12-10-18-7-6-11(12)2/h6-7,10,13,19H,5,8-9H2,1-4H3. The molecule has 1 N–H and O–H groups in total. The van der Waals surface area contributed by atoms with Gasteiger partial charge in [-0.15, -0.1) is 11.3 Å². The average molecular weight is 301 g/mol. The molecule has 2 aromatic heterocycles. The van der Waals surface area contributed by atoms with E-state index in [0.29, 0.717) is 11.5 Å². The Morgan fingerprint density at radius 3 is 2.95 bits per heavy atom. The van der Waals surface area contributed by atoms with Crippen molar-refractivity contribution in [3.8, 4) is 10.6 Å². The summed E-state index contributed by atoms with van der Waals surface area (Å²) in [7, 11) is 0. The predicted molar refractivity (Wildman–Crippen MR) is 88.6 cm³/mol. The van der Waals surface area contributed by atoms with Crippen LogP contribution in [0.2, 0.25) is 0 Å². The van der Waals surface area contributed by atoms with E-state index < -0.39 is 0 Å². The van der Waals surface area contributed by atoms with Crippen LogP contribution >= 0.6 is 11.3 Å². The monoisotopic (exact) mass is 301 g/mol. The van der Waals surface area contributed by atoms with Crippen LogP contribution in [0.25, 0.3) is 10.6 Å². The Morgan fingerprint density at radius 2 is 2.24 bits per heavy atom. The molecule has 3 rings (SSSR count). The lowest BCUT2D eigenvalue weighted by Gasteiger charge is -2.34. The molecule has 0 aliphatic heterocycles. The number of nitrogens with one attached hydrogen (secondary N) is 1. The van der Waals surface area contributed by atoms with Gasteiger partial charge in [0.1, 0.15) is 5.01 Å². The van der Waals surface area contributed by atoms with E-state index in [1.165, 1.54) is 28.1 Å². The zero-order valence-electron chi connectivity index (χ0n) is 13.2. The molecular weight excluding hydrogens is 278 g/mol. The number of fused-ring (bicyclic) bond motifs is 1. The molecule has 0 saturated carbocycles. The van der Waals surface area contributed by atoms with E-state index in [-0.39, 0.29) is 0 Å². The first-order chi connectivity index (χ1) is 10.00. The molecule has 0 radical (unpaired) electrons. The molecule has 0 bridgehead atoms. The van der Waals surface area contributed by atoms with Gasteiger partial charge in [-0.3, -0.25) is 4.98 Å². The van der Waals surface area contributed by atoms with E-state index in [0.717, 1.165) is 18.0 Å². The van der Waals surface area contributed by atoms with Crippen LogP contribution in [0, 0.1) is 12.3 Å². The smallest absolute Gasteiger partial charge is 0.125 e. The van der Waals surface area contributed by atoms with Crippen molar-refractivity contribution in [1.29, 1.82) is 0 Å². The van der Waals surface area contributed by atoms with E-state index in [2.05, 4.69) is 44.1 Å². The normalized spacial score (nSPS) is 20.3. The van der Waals surface area contributed by atoms with Gasteiger partial charge < -0.3 is 5.32 Å². The molecule has 0 saturated heterocycles. The highest BCUT2D eigenvalue weighted by molar-refractivity contribution is 7.15. The van der Waals surface area contributed by atoms with E-state index in [4.69, 9.17) is 4.98 Å². The van der Waals surface area contributed by atoms with Crippen LogP contribution < -0.4 is 5.32 Å². The molecule has 112 valence electrons. The number of hydrogen-bond acceptors (Lipinski definition) is 4. The first-order valence-corrected chi connectivity index (χ1v) is 8.46. The van der Waals surface area contributed by atoms with Gasteiger partial charge in [0.15, 0.2) is 0 Å². The van der Waals surface area contributed by atoms with Crippen LogP contribution in [0.5, 0.6) is 0 Å². The third-order valence-electron chi connectivity index (χ3n) is 4.17. The summed E-state index contributed by atoms with van der Waals surface area (Å²) in [5, 5.41) is 4.75. The topological polar surface area (TPSA) is 37.8 Å². The Hall–Kier alpha value is -1.26. The summed E-state index contributed by atoms with van der Waals surface area (Å²) < 4.78 is 0. The highest BCUT2D eigenvalue weighted by Crippen LogP contribution is 2.44. The Labute approximate surface area is 130 Å². The fourth-order valence-electron chi connectivity index (χ4n) is 3.15. The SMILES string of the molecule is CCNC1CC(C)(C)Cc2nc(-c3cnccc3C)sc21. The van der Waals surface area contributed by atoms with Gasteiger partial charge in [0, 0.05) is 28.9 Å². The van der Waals surface area contributed by atoms with Gasteiger partial charge in [0.2, 0.25) is 0 Å². The van der Waals surface area contributed by atoms with Crippen molar-refractivity contribution in [1.82, 2.24) is 15.3 Å². The zero-order chi connectivity index (χ0) is 15.0. The maximum atomic E-state index is 4.95. The van der Waals surface area contributed by atoms with E-state index in [1.54, 1.807) is 0 Å². The van der Waals surface area contributed by atoms with Crippen molar-refractivity contribution < 1.29 is 0 Å². The number of aryl methyl sites for hydroxylation is 1. The van der Waals surface area contributed by atoms with Crippen LogP contribution in [-0.4, -0.2) is 16.5 Å². The number of hydrogen-bond donors (Lipinski definition) is 1. The molecule has 2 aromatic rings. The molecule has 1 aliphatic carbocycles. The molecule has 2 heterocycles. The van der Waals surface area contributed by atoms with Crippen molar-refractivity contribution in [3.05, 3.63) is 34.6 Å². The quantitative estimate of drug-likeness (QED) is 0.926. The maximum Gasteiger partial charge on any atom is 0.125 e. The van der Waals surface area contributed by atoms with Gasteiger partial charge in [0.05, 0.1) is 5.69 Å². The molecule has 0 amide bonds. The van der Waals surface area contributed by atoms with Gasteiger partial charge in [-0.1, -0.05) is 20.8 Å². The highest BCUT2D eigenvalue weighted by Gasteiger charge is 2.34. The number of rotatable bonds is 3. The first kappa shape index (κ1) is 14.7. The van der Waals surface area contributed by atoms with Crippen LogP contribution in [0.15, 0.2) is 18.5 Å². The van der Waals surface area contributed by atoms with Crippen LogP contribution in [0.1, 0.15) is 49.4 Å². The predicted octanol–water partition coefficient (Wildman–Crippen LogP) is 4.14. The lowest BCUT2D eigenvalue weighted by Crippen LogP contribution is -2.32. The van der Waals surface area contributed by atoms with Gasteiger partial charge in [-0.05, 0) is 43.4 Å². The molecule has 1 aliphatic rings. The van der Waals surface area contributed by atoms with Crippen LogP contribution in [0.4, 0.5) is 0 Å². The van der Waals surface area contributed by atoms with Crippen molar-refractivity contribution in [2.45, 2.75) is 46.6 Å². The second kappa shape index (κ2) is 5.50. The summed E-state index contributed by atoms with van der Waals surface area (Å²) in [6.07, 6.45) is 6.03. The number of nitrogens with zero attached hydrogens (tertiary/aromatic N) is 2. The van der Waals surface area contributed by atoms with E-state index in [1.807, 2.05) is 23.7 Å². The van der Waals surface area contributed by atoms with Crippen molar-refractivity contribution >= 4 is 11.3 Å². The summed E-state index contributed by atoms with van der Waals surface area (Å²) in [5.41, 5.74) is 4.01. The molecule has 0 fully saturated rings. The summed E-state index contributed by atoms with van der Waals surface area (Å²) in [5.74, 6) is 0. The second-order valence-electron chi connectivity index (χ2n) is 6.68. The molecule has 0 aromatic carbocycles. The lowest BCUT2D eigenvalue weighted by molar-refractivity contribution is 0.260. The molecule has 0 spiro atoms. The highest BCUT2D eigenvalue weighted by atomic mass is 32.1. The van der Waals surface area contributed by atoms with Gasteiger partial charge in [0.25, 0.3) is 0 Å². The fraction of sp³-hybridized carbons (Fsp3) is 0.529. The summed E-state index contributed by atoms with van der Waals surface area (Å²) in [6.45, 7) is 9.99. The minimum Gasteiger partial charge on any atom is -0.309 e. The van der Waals surface area contributed by atoms with Crippen molar-refractivity contribution in [3.63, 3.8) is 0 Å². The minimum absolute atomic E-state index is 0.315. The molecule has 4 heteroatoms. The Morgan fingerprint density at radius 1 is 1.43 bits per heavy atom. The molecular formula is C17H23N3S. The third-order valence-corrected chi connectivity index (χ3v) is 5.41. The molecule has 21 heavy (non-hydrogen) atoms. The average Bonchev–Trinajstić information content (AvgIpc) is 2.81. The van der Waals surface area contributed by atoms with E-state index >= 15 is 0 Å². The molecule has 1 unspecified atom stereocenters. The molecule has 3 nitrogen and oxygen atoms in total. The van der Waals surface area contributed by atoms with E-state index in [9.17, 15) is 0 Å². The fourth-order valence-corrected chi connectivity index (χ4v) is 4.38. The first-order valence-electron chi connectivity index (χ1n) is 7.64. The van der Waals surface area contributed by atoms with Crippen molar-refractivity contribution in [2.75, 3.05) is 6.54 Å². The third kappa shape index (κ3) is 2.87. The zero-order valence-corrected chi connectivity index (χ0v) is 14.0.